The number of halogens is 2. The van der Waals surface area contributed by atoms with Gasteiger partial charge in [0.2, 0.25) is 0 Å². The maximum absolute atomic E-state index is 5.77. The Morgan fingerprint density at radius 1 is 1.33 bits per heavy atom. The lowest BCUT2D eigenvalue weighted by molar-refractivity contribution is 1.31. The Kier molecular flexibility index (Phi) is 2.09. The van der Waals surface area contributed by atoms with E-state index in [9.17, 15) is 0 Å². The molecular weight excluding hydrogens is 215 g/mol. The second-order valence-electron chi connectivity index (χ2n) is 2.19. The predicted molar refractivity (Wildman–Crippen MR) is 51.9 cm³/mol. The van der Waals surface area contributed by atoms with Crippen LogP contribution in [0.2, 0.25) is 9.62 Å². The molecule has 12 heavy (non-hydrogen) atoms. The lowest BCUT2D eigenvalue weighted by Crippen LogP contribution is -1.67. The molecule has 0 unspecified atom stereocenters. The van der Waals surface area contributed by atoms with Crippen molar-refractivity contribution in [2.75, 3.05) is 0 Å². The largest absolute Gasteiger partial charge is 0.328 e. The van der Waals surface area contributed by atoms with Crippen LogP contribution in [0.5, 0.6) is 0 Å². The van der Waals surface area contributed by atoms with Crippen LogP contribution in [0.1, 0.15) is 0 Å². The van der Waals surface area contributed by atoms with Crippen molar-refractivity contribution in [2.24, 2.45) is 0 Å². The summed E-state index contributed by atoms with van der Waals surface area (Å²) in [5.74, 6) is 0. The Bertz CT molecular complexity index is 355. The Balaban J connectivity index is 2.43. The monoisotopic (exact) mass is 218 g/mol. The molecule has 62 valence electrons. The van der Waals surface area contributed by atoms with Crippen molar-refractivity contribution in [1.82, 2.24) is 9.97 Å². The molecular formula is C7H4Cl2N2S. The quantitative estimate of drug-likeness (QED) is 0.781. The molecule has 0 radical (unpaired) electrons. The average molecular weight is 219 g/mol. The van der Waals surface area contributed by atoms with Gasteiger partial charge in [-0.3, -0.25) is 0 Å². The van der Waals surface area contributed by atoms with Crippen LogP contribution in [0.25, 0.3) is 10.6 Å². The minimum atomic E-state index is 0.398. The summed E-state index contributed by atoms with van der Waals surface area (Å²) >= 11 is 12.9. The van der Waals surface area contributed by atoms with Crippen LogP contribution in [0.15, 0.2) is 18.3 Å². The number of aromatic nitrogens is 2. The van der Waals surface area contributed by atoms with Gasteiger partial charge in [-0.2, -0.15) is 0 Å². The maximum Gasteiger partial charge on any atom is 0.200 e. The highest BCUT2D eigenvalue weighted by Crippen LogP contribution is 2.29. The number of hydrogen-bond acceptors (Lipinski definition) is 2. The van der Waals surface area contributed by atoms with Crippen LogP contribution in [0, 0.1) is 0 Å². The van der Waals surface area contributed by atoms with Crippen molar-refractivity contribution < 1.29 is 0 Å². The van der Waals surface area contributed by atoms with Crippen molar-refractivity contribution in [1.29, 1.82) is 0 Å². The zero-order chi connectivity index (χ0) is 8.55. The molecule has 0 atom stereocenters. The van der Waals surface area contributed by atoms with E-state index in [1.165, 1.54) is 11.3 Å². The van der Waals surface area contributed by atoms with E-state index in [1.54, 1.807) is 6.20 Å². The standard InChI is InChI=1S/C7H4Cl2N2S/c8-6-2-1-5(12-6)4-3-10-7(9)11-4/h1-3H,(H,10,11). The first-order valence-corrected chi connectivity index (χ1v) is 4.79. The molecule has 0 spiro atoms. The average Bonchev–Trinajstić information content (AvgIpc) is 2.58. The minimum Gasteiger partial charge on any atom is -0.328 e. The van der Waals surface area contributed by atoms with Gasteiger partial charge in [-0.25, -0.2) is 4.98 Å². The van der Waals surface area contributed by atoms with Crippen molar-refractivity contribution in [3.63, 3.8) is 0 Å². The molecule has 0 fully saturated rings. The molecule has 0 saturated carbocycles. The Morgan fingerprint density at radius 2 is 2.17 bits per heavy atom. The van der Waals surface area contributed by atoms with Crippen LogP contribution in [0.3, 0.4) is 0 Å². The highest BCUT2D eigenvalue weighted by Gasteiger charge is 2.03. The summed E-state index contributed by atoms with van der Waals surface area (Å²) in [5, 5.41) is 0.398. The molecule has 0 amide bonds. The lowest BCUT2D eigenvalue weighted by atomic mass is 10.4. The van der Waals surface area contributed by atoms with E-state index >= 15 is 0 Å². The first-order valence-electron chi connectivity index (χ1n) is 3.22. The van der Waals surface area contributed by atoms with Crippen molar-refractivity contribution >= 4 is 34.5 Å². The van der Waals surface area contributed by atoms with Gasteiger partial charge < -0.3 is 4.98 Å². The summed E-state index contributed by atoms with van der Waals surface area (Å²) in [6.07, 6.45) is 1.69. The van der Waals surface area contributed by atoms with Crippen LogP contribution < -0.4 is 0 Å². The van der Waals surface area contributed by atoms with Crippen LogP contribution >= 0.6 is 34.5 Å². The predicted octanol–water partition coefficient (Wildman–Crippen LogP) is 3.45. The SMILES string of the molecule is Clc1ncc(-c2ccc(Cl)s2)[nH]1. The second-order valence-corrected chi connectivity index (χ2v) is 4.26. The molecule has 0 aliphatic heterocycles. The fraction of sp³-hybridized carbons (Fsp3) is 0. The summed E-state index contributed by atoms with van der Waals surface area (Å²) in [5.41, 5.74) is 0.900. The first kappa shape index (κ1) is 8.10. The van der Waals surface area contributed by atoms with Gasteiger partial charge in [0.1, 0.15) is 0 Å². The summed E-state index contributed by atoms with van der Waals surface area (Å²) in [7, 11) is 0. The fourth-order valence-electron chi connectivity index (χ4n) is 0.881. The molecule has 0 aromatic carbocycles. The Morgan fingerprint density at radius 3 is 2.67 bits per heavy atom. The number of nitrogens with zero attached hydrogens (tertiary/aromatic N) is 1. The second kappa shape index (κ2) is 3.09. The third-order valence-corrected chi connectivity index (χ3v) is 2.84. The number of thiophene rings is 1. The third-order valence-electron chi connectivity index (χ3n) is 1.38. The molecule has 0 aliphatic rings. The Hall–Kier alpha value is -0.510. The topological polar surface area (TPSA) is 28.7 Å². The fourth-order valence-corrected chi connectivity index (χ4v) is 2.04. The first-order chi connectivity index (χ1) is 5.75. The molecule has 2 aromatic heterocycles. The van der Waals surface area contributed by atoms with Gasteiger partial charge in [0.05, 0.1) is 21.1 Å². The summed E-state index contributed by atoms with van der Waals surface area (Å²) in [6.45, 7) is 0. The van der Waals surface area contributed by atoms with E-state index in [4.69, 9.17) is 23.2 Å². The van der Waals surface area contributed by atoms with Crippen LogP contribution in [-0.4, -0.2) is 9.97 Å². The van der Waals surface area contributed by atoms with Gasteiger partial charge in [0, 0.05) is 0 Å². The normalized spacial score (nSPS) is 10.5. The van der Waals surface area contributed by atoms with Crippen LogP contribution in [0.4, 0.5) is 0 Å². The van der Waals surface area contributed by atoms with Gasteiger partial charge >= 0.3 is 0 Å². The summed E-state index contributed by atoms with van der Waals surface area (Å²) in [4.78, 5) is 7.83. The van der Waals surface area contributed by atoms with Gasteiger partial charge in [-0.05, 0) is 23.7 Å². The van der Waals surface area contributed by atoms with E-state index in [0.29, 0.717) is 5.28 Å². The van der Waals surface area contributed by atoms with Gasteiger partial charge in [-0.15, -0.1) is 11.3 Å². The van der Waals surface area contributed by atoms with E-state index < -0.39 is 0 Å². The molecule has 2 heterocycles. The van der Waals surface area contributed by atoms with E-state index in [-0.39, 0.29) is 0 Å². The van der Waals surface area contributed by atoms with Gasteiger partial charge in [-0.1, -0.05) is 11.6 Å². The van der Waals surface area contributed by atoms with Crippen molar-refractivity contribution in [3.8, 4) is 10.6 Å². The number of hydrogen-bond donors (Lipinski definition) is 1. The molecule has 1 N–H and O–H groups in total. The number of imidazole rings is 1. The zero-order valence-corrected chi connectivity index (χ0v) is 8.17. The van der Waals surface area contributed by atoms with E-state index in [2.05, 4.69) is 9.97 Å². The van der Waals surface area contributed by atoms with Crippen molar-refractivity contribution in [3.05, 3.63) is 27.9 Å². The highest BCUT2D eigenvalue weighted by molar-refractivity contribution is 7.19. The third kappa shape index (κ3) is 1.48. The smallest absolute Gasteiger partial charge is 0.200 e. The molecule has 0 saturated heterocycles. The maximum atomic E-state index is 5.77. The Labute approximate surface area is 83.2 Å². The summed E-state index contributed by atoms with van der Waals surface area (Å²) in [6, 6.07) is 3.77. The number of aromatic amines is 1. The molecule has 5 heteroatoms. The van der Waals surface area contributed by atoms with Gasteiger partial charge in [0.15, 0.2) is 5.28 Å². The number of rotatable bonds is 1. The molecule has 2 nitrogen and oxygen atoms in total. The van der Waals surface area contributed by atoms with E-state index in [0.717, 1.165) is 14.9 Å². The number of H-pyrrole nitrogens is 1. The van der Waals surface area contributed by atoms with E-state index in [1.807, 2.05) is 12.1 Å². The molecule has 2 rings (SSSR count). The molecule has 0 aliphatic carbocycles. The minimum absolute atomic E-state index is 0.398. The molecule has 2 aromatic rings. The van der Waals surface area contributed by atoms with Gasteiger partial charge in [0.25, 0.3) is 0 Å². The van der Waals surface area contributed by atoms with Crippen LogP contribution in [-0.2, 0) is 0 Å². The molecule has 0 bridgehead atoms. The zero-order valence-electron chi connectivity index (χ0n) is 5.84. The summed E-state index contributed by atoms with van der Waals surface area (Å²) < 4.78 is 0.760. The van der Waals surface area contributed by atoms with Crippen molar-refractivity contribution in [2.45, 2.75) is 0 Å². The highest BCUT2D eigenvalue weighted by atomic mass is 35.5. The number of nitrogens with one attached hydrogen (secondary N) is 1. The lowest BCUT2D eigenvalue weighted by Gasteiger charge is -1.86.